The van der Waals surface area contributed by atoms with Crippen LogP contribution in [-0.4, -0.2) is 6.54 Å². The lowest BCUT2D eigenvalue weighted by Crippen LogP contribution is -2.06. The maximum Gasteiger partial charge on any atom is 0.123 e. The first-order chi connectivity index (χ1) is 8.25. The largest absolute Gasteiger partial charge is 0.397 e. The molecule has 0 unspecified atom stereocenters. The summed E-state index contributed by atoms with van der Waals surface area (Å²) in [5.74, 6) is -0.193. The molecule has 3 N–H and O–H groups in total. The Labute approximate surface area is 100 Å². The molecule has 88 valence electrons. The van der Waals surface area contributed by atoms with E-state index in [4.69, 9.17) is 5.73 Å². The molecule has 0 atom stereocenters. The third-order valence-corrected chi connectivity index (χ3v) is 2.58. The zero-order valence-corrected chi connectivity index (χ0v) is 9.49. The first-order valence-electron chi connectivity index (χ1n) is 5.58. The van der Waals surface area contributed by atoms with E-state index >= 15 is 0 Å². The summed E-state index contributed by atoms with van der Waals surface area (Å²) < 4.78 is 12.9. The highest BCUT2D eigenvalue weighted by Gasteiger charge is 1.98. The monoisotopic (exact) mass is 230 g/mol. The maximum absolute atomic E-state index is 12.9. The summed E-state index contributed by atoms with van der Waals surface area (Å²) in [6, 6.07) is 14.3. The van der Waals surface area contributed by atoms with Crippen LogP contribution in [0.25, 0.3) is 0 Å². The van der Waals surface area contributed by atoms with Crippen LogP contribution in [0.3, 0.4) is 0 Å². The summed E-state index contributed by atoms with van der Waals surface area (Å²) >= 11 is 0. The summed E-state index contributed by atoms with van der Waals surface area (Å²) in [5, 5.41) is 3.23. The van der Waals surface area contributed by atoms with Crippen molar-refractivity contribution in [3.8, 4) is 0 Å². The number of benzene rings is 2. The van der Waals surface area contributed by atoms with Crippen LogP contribution in [0.4, 0.5) is 15.8 Å². The van der Waals surface area contributed by atoms with Crippen molar-refractivity contribution in [2.45, 2.75) is 6.42 Å². The Bertz CT molecular complexity index is 497. The fourth-order valence-corrected chi connectivity index (χ4v) is 1.69. The molecular weight excluding hydrogens is 215 g/mol. The molecule has 0 bridgehead atoms. The molecule has 17 heavy (non-hydrogen) atoms. The van der Waals surface area contributed by atoms with Crippen LogP contribution in [0, 0.1) is 5.82 Å². The first kappa shape index (κ1) is 11.5. The number of nitrogens with one attached hydrogen (secondary N) is 1. The second-order valence-corrected chi connectivity index (χ2v) is 3.89. The standard InChI is InChI=1S/C14H15FN2/c15-12-5-3-4-11(10-12)8-9-17-14-7-2-1-6-13(14)16/h1-7,10,17H,8-9,16H2. The fourth-order valence-electron chi connectivity index (χ4n) is 1.69. The van der Waals surface area contributed by atoms with E-state index in [1.807, 2.05) is 30.3 Å². The van der Waals surface area contributed by atoms with E-state index in [0.29, 0.717) is 0 Å². The summed E-state index contributed by atoms with van der Waals surface area (Å²) in [6.45, 7) is 0.734. The first-order valence-corrected chi connectivity index (χ1v) is 5.58. The van der Waals surface area contributed by atoms with Crippen LogP contribution in [0.1, 0.15) is 5.56 Å². The van der Waals surface area contributed by atoms with Gasteiger partial charge in [0.25, 0.3) is 0 Å². The van der Waals surface area contributed by atoms with E-state index in [1.165, 1.54) is 6.07 Å². The number of nitrogens with two attached hydrogens (primary N) is 1. The summed E-state index contributed by atoms with van der Waals surface area (Å²) in [5.41, 5.74) is 8.43. The Morgan fingerprint density at radius 1 is 1.06 bits per heavy atom. The molecule has 0 radical (unpaired) electrons. The minimum absolute atomic E-state index is 0.193. The van der Waals surface area contributed by atoms with Gasteiger partial charge in [-0.25, -0.2) is 4.39 Å². The van der Waals surface area contributed by atoms with Crippen molar-refractivity contribution in [3.63, 3.8) is 0 Å². The van der Waals surface area contributed by atoms with Gasteiger partial charge in [0.15, 0.2) is 0 Å². The molecule has 0 spiro atoms. The third kappa shape index (κ3) is 3.21. The van der Waals surface area contributed by atoms with Crippen molar-refractivity contribution < 1.29 is 4.39 Å². The molecule has 0 aliphatic carbocycles. The van der Waals surface area contributed by atoms with Crippen molar-refractivity contribution in [2.24, 2.45) is 0 Å². The Hall–Kier alpha value is -2.03. The van der Waals surface area contributed by atoms with Gasteiger partial charge in [0.1, 0.15) is 5.82 Å². The summed E-state index contributed by atoms with van der Waals surface area (Å²) in [6.07, 6.45) is 0.770. The van der Waals surface area contributed by atoms with Crippen LogP contribution in [0.15, 0.2) is 48.5 Å². The van der Waals surface area contributed by atoms with E-state index < -0.39 is 0 Å². The molecule has 2 nitrogen and oxygen atoms in total. The smallest absolute Gasteiger partial charge is 0.123 e. The number of rotatable bonds is 4. The van der Waals surface area contributed by atoms with Gasteiger partial charge in [-0.15, -0.1) is 0 Å². The molecule has 0 saturated heterocycles. The number of hydrogen-bond donors (Lipinski definition) is 2. The second-order valence-electron chi connectivity index (χ2n) is 3.89. The van der Waals surface area contributed by atoms with Crippen LogP contribution in [0.5, 0.6) is 0 Å². The normalized spacial score (nSPS) is 10.2. The molecule has 0 aliphatic heterocycles. The minimum atomic E-state index is -0.193. The van der Waals surface area contributed by atoms with Gasteiger partial charge in [0.05, 0.1) is 11.4 Å². The Balaban J connectivity index is 1.90. The van der Waals surface area contributed by atoms with E-state index in [0.717, 1.165) is 29.9 Å². The SMILES string of the molecule is Nc1ccccc1NCCc1cccc(F)c1. The molecule has 2 aromatic rings. The molecule has 0 saturated carbocycles. The zero-order chi connectivity index (χ0) is 12.1. The maximum atomic E-state index is 12.9. The van der Waals surface area contributed by atoms with Gasteiger partial charge in [-0.1, -0.05) is 24.3 Å². The average molecular weight is 230 g/mol. The van der Waals surface area contributed by atoms with Crippen LogP contribution < -0.4 is 11.1 Å². The predicted octanol–water partition coefficient (Wildman–Crippen LogP) is 3.06. The van der Waals surface area contributed by atoms with Gasteiger partial charge < -0.3 is 11.1 Å². The van der Waals surface area contributed by atoms with Crippen molar-refractivity contribution >= 4 is 11.4 Å². The lowest BCUT2D eigenvalue weighted by Gasteiger charge is -2.08. The van der Waals surface area contributed by atoms with Crippen LogP contribution in [0.2, 0.25) is 0 Å². The molecule has 2 rings (SSSR count). The molecule has 0 heterocycles. The number of hydrogen-bond acceptors (Lipinski definition) is 2. The highest BCUT2D eigenvalue weighted by molar-refractivity contribution is 5.65. The number of para-hydroxylation sites is 2. The molecule has 3 heteroatoms. The van der Waals surface area contributed by atoms with Crippen LogP contribution >= 0.6 is 0 Å². The fraction of sp³-hybridized carbons (Fsp3) is 0.143. The predicted molar refractivity (Wildman–Crippen MR) is 69.4 cm³/mol. The van der Waals surface area contributed by atoms with Crippen molar-refractivity contribution in [2.75, 3.05) is 17.6 Å². The molecule has 0 fully saturated rings. The van der Waals surface area contributed by atoms with E-state index in [1.54, 1.807) is 12.1 Å². The number of nitrogen functional groups attached to an aromatic ring is 1. The molecule has 0 amide bonds. The lowest BCUT2D eigenvalue weighted by molar-refractivity contribution is 0.625. The average Bonchev–Trinajstić information content (AvgIpc) is 2.32. The molecule has 0 aliphatic rings. The van der Waals surface area contributed by atoms with Crippen molar-refractivity contribution in [3.05, 3.63) is 59.9 Å². The Morgan fingerprint density at radius 2 is 1.88 bits per heavy atom. The third-order valence-electron chi connectivity index (χ3n) is 2.58. The molecule has 0 aromatic heterocycles. The van der Waals surface area contributed by atoms with Crippen molar-refractivity contribution in [1.29, 1.82) is 0 Å². The molecule has 2 aromatic carbocycles. The highest BCUT2D eigenvalue weighted by atomic mass is 19.1. The van der Waals surface area contributed by atoms with Gasteiger partial charge in [0, 0.05) is 6.54 Å². The lowest BCUT2D eigenvalue weighted by atomic mass is 10.1. The zero-order valence-electron chi connectivity index (χ0n) is 9.49. The quantitative estimate of drug-likeness (QED) is 0.792. The van der Waals surface area contributed by atoms with E-state index in [9.17, 15) is 4.39 Å². The Morgan fingerprint density at radius 3 is 2.65 bits per heavy atom. The summed E-state index contributed by atoms with van der Waals surface area (Å²) in [4.78, 5) is 0. The molecular formula is C14H15FN2. The number of anilines is 2. The Kier molecular flexibility index (Phi) is 3.60. The van der Waals surface area contributed by atoms with E-state index in [-0.39, 0.29) is 5.82 Å². The van der Waals surface area contributed by atoms with Gasteiger partial charge in [0.2, 0.25) is 0 Å². The van der Waals surface area contributed by atoms with Gasteiger partial charge >= 0.3 is 0 Å². The van der Waals surface area contributed by atoms with Gasteiger partial charge in [-0.05, 0) is 36.2 Å². The van der Waals surface area contributed by atoms with E-state index in [2.05, 4.69) is 5.32 Å². The summed E-state index contributed by atoms with van der Waals surface area (Å²) in [7, 11) is 0. The van der Waals surface area contributed by atoms with Gasteiger partial charge in [-0.3, -0.25) is 0 Å². The minimum Gasteiger partial charge on any atom is -0.397 e. The van der Waals surface area contributed by atoms with Gasteiger partial charge in [-0.2, -0.15) is 0 Å². The second kappa shape index (κ2) is 5.34. The van der Waals surface area contributed by atoms with Crippen molar-refractivity contribution in [1.82, 2.24) is 0 Å². The van der Waals surface area contributed by atoms with Crippen LogP contribution in [-0.2, 0) is 6.42 Å². The number of halogens is 1. The highest BCUT2D eigenvalue weighted by Crippen LogP contribution is 2.16. The topological polar surface area (TPSA) is 38.0 Å².